The van der Waals surface area contributed by atoms with Crippen molar-refractivity contribution in [3.63, 3.8) is 0 Å². The van der Waals surface area contributed by atoms with E-state index in [1.807, 2.05) is 12.1 Å². The van der Waals surface area contributed by atoms with Crippen molar-refractivity contribution in [3.05, 3.63) is 40.6 Å². The molecule has 1 aromatic rings. The van der Waals surface area contributed by atoms with Gasteiger partial charge in [0, 0.05) is 5.71 Å². The molecular formula is C14H15ClN2O3. The molecule has 0 fully saturated rings. The first-order chi connectivity index (χ1) is 9.59. The molecule has 2 rings (SSSR count). The van der Waals surface area contributed by atoms with Crippen molar-refractivity contribution < 1.29 is 14.6 Å². The highest BCUT2D eigenvalue weighted by Crippen LogP contribution is 2.22. The maximum Gasteiger partial charge on any atom is 0.256 e. The highest BCUT2D eigenvalue weighted by molar-refractivity contribution is 6.32. The predicted molar refractivity (Wildman–Crippen MR) is 77.6 cm³/mol. The summed E-state index contributed by atoms with van der Waals surface area (Å²) in [7, 11) is 0. The van der Waals surface area contributed by atoms with Crippen molar-refractivity contribution >= 4 is 23.2 Å². The number of para-hydroxylation sites is 1. The van der Waals surface area contributed by atoms with E-state index in [2.05, 4.69) is 10.3 Å². The van der Waals surface area contributed by atoms with Crippen LogP contribution in [-0.2, 0) is 4.79 Å². The lowest BCUT2D eigenvalue weighted by molar-refractivity contribution is -0.116. The second kappa shape index (κ2) is 6.43. The summed E-state index contributed by atoms with van der Waals surface area (Å²) in [6.07, 6.45) is 0. The first-order valence-corrected chi connectivity index (χ1v) is 6.56. The third kappa shape index (κ3) is 3.30. The molecule has 1 heterocycles. The minimum Gasteiger partial charge on any atom is -0.510 e. The molecule has 106 valence electrons. The molecular weight excluding hydrogens is 280 g/mol. The molecule has 2 N–H and O–H groups in total. The van der Waals surface area contributed by atoms with Gasteiger partial charge >= 0.3 is 0 Å². The van der Waals surface area contributed by atoms with Gasteiger partial charge in [-0.25, -0.2) is 0 Å². The van der Waals surface area contributed by atoms with Gasteiger partial charge in [-0.05, 0) is 19.1 Å². The molecule has 0 atom stereocenters. The Kier molecular flexibility index (Phi) is 4.63. The van der Waals surface area contributed by atoms with Crippen LogP contribution in [0.2, 0.25) is 5.02 Å². The van der Waals surface area contributed by atoms with Gasteiger partial charge in [-0.2, -0.15) is 0 Å². The lowest BCUT2D eigenvalue weighted by Crippen LogP contribution is -2.20. The van der Waals surface area contributed by atoms with Gasteiger partial charge in [0.25, 0.3) is 5.91 Å². The number of halogens is 1. The number of aliphatic imine (C=N–C) groups is 1. The number of amides is 1. The van der Waals surface area contributed by atoms with E-state index in [0.717, 1.165) is 0 Å². The minimum absolute atomic E-state index is 0.0308. The van der Waals surface area contributed by atoms with Crippen molar-refractivity contribution in [2.45, 2.75) is 6.92 Å². The van der Waals surface area contributed by atoms with Gasteiger partial charge in [-0.3, -0.25) is 9.79 Å². The summed E-state index contributed by atoms with van der Waals surface area (Å²) in [4.78, 5) is 15.7. The Labute approximate surface area is 121 Å². The second-order valence-corrected chi connectivity index (χ2v) is 4.66. The smallest absolute Gasteiger partial charge is 0.256 e. The number of hydrogen-bond acceptors (Lipinski definition) is 4. The Bertz CT molecular complexity index is 582. The average molecular weight is 295 g/mol. The molecule has 0 saturated carbocycles. The van der Waals surface area contributed by atoms with Crippen LogP contribution in [-0.4, -0.2) is 36.4 Å². The molecule has 0 saturated heterocycles. The van der Waals surface area contributed by atoms with Gasteiger partial charge in [-0.1, -0.05) is 23.7 Å². The van der Waals surface area contributed by atoms with E-state index >= 15 is 0 Å². The van der Waals surface area contributed by atoms with E-state index in [0.29, 0.717) is 29.6 Å². The van der Waals surface area contributed by atoms with E-state index in [1.165, 1.54) is 0 Å². The number of aliphatic hydroxyl groups excluding tert-OH is 1. The molecule has 5 nitrogen and oxygen atoms in total. The van der Waals surface area contributed by atoms with Crippen molar-refractivity contribution in [1.82, 2.24) is 5.32 Å². The van der Waals surface area contributed by atoms with E-state index in [9.17, 15) is 9.90 Å². The summed E-state index contributed by atoms with van der Waals surface area (Å²) < 4.78 is 5.49. The van der Waals surface area contributed by atoms with Crippen LogP contribution in [0.3, 0.4) is 0 Å². The zero-order chi connectivity index (χ0) is 14.5. The quantitative estimate of drug-likeness (QED) is 0.645. The molecule has 1 aliphatic heterocycles. The molecule has 0 spiro atoms. The molecule has 0 bridgehead atoms. The van der Waals surface area contributed by atoms with Gasteiger partial charge in [0.05, 0.1) is 23.7 Å². The second-order valence-electron chi connectivity index (χ2n) is 4.25. The zero-order valence-corrected chi connectivity index (χ0v) is 11.8. The van der Waals surface area contributed by atoms with Crippen molar-refractivity contribution in [2.75, 3.05) is 19.7 Å². The van der Waals surface area contributed by atoms with E-state index in [1.54, 1.807) is 19.1 Å². The maximum atomic E-state index is 11.5. The molecule has 0 radical (unpaired) electrons. The lowest BCUT2D eigenvalue weighted by Gasteiger charge is -2.06. The maximum absolute atomic E-state index is 11.5. The van der Waals surface area contributed by atoms with Crippen molar-refractivity contribution in [1.29, 1.82) is 0 Å². The summed E-state index contributed by atoms with van der Waals surface area (Å²) in [5.41, 5.74) is 0.753. The molecule has 1 aliphatic rings. The third-order valence-corrected chi connectivity index (χ3v) is 3.14. The van der Waals surface area contributed by atoms with Crippen LogP contribution in [0.5, 0.6) is 5.75 Å². The molecule has 0 unspecified atom stereocenters. The topological polar surface area (TPSA) is 70.9 Å². The van der Waals surface area contributed by atoms with Crippen molar-refractivity contribution in [2.24, 2.45) is 4.99 Å². The van der Waals surface area contributed by atoms with Crippen LogP contribution < -0.4 is 10.1 Å². The Hall–Kier alpha value is -2.01. The summed E-state index contributed by atoms with van der Waals surface area (Å²) in [5.74, 6) is 0.335. The normalized spacial score (nSPS) is 15.5. The SMILES string of the molecule is CC(=NCCOc1ccccc1Cl)C1=C(O)CNC1=O. The first kappa shape index (κ1) is 14.4. The monoisotopic (exact) mass is 294 g/mol. The van der Waals surface area contributed by atoms with Crippen LogP contribution in [0.15, 0.2) is 40.6 Å². The van der Waals surface area contributed by atoms with Gasteiger partial charge < -0.3 is 15.2 Å². The number of carbonyl (C=O) groups is 1. The number of carbonyl (C=O) groups excluding carboxylic acids is 1. The number of nitrogens with one attached hydrogen (secondary N) is 1. The predicted octanol–water partition coefficient (Wildman–Crippen LogP) is 2.12. The van der Waals surface area contributed by atoms with Crippen LogP contribution >= 0.6 is 11.6 Å². The highest BCUT2D eigenvalue weighted by Gasteiger charge is 2.24. The Morgan fingerprint density at radius 3 is 2.90 bits per heavy atom. The Balaban J connectivity index is 1.89. The van der Waals surface area contributed by atoms with Crippen LogP contribution in [0.4, 0.5) is 0 Å². The standard InChI is InChI=1S/C14H15ClN2O3/c1-9(13-11(18)8-17-14(13)19)16-6-7-20-12-5-3-2-4-10(12)15/h2-5,18H,6-8H2,1H3,(H,17,19). The van der Waals surface area contributed by atoms with Gasteiger partial charge in [0.2, 0.25) is 0 Å². The molecule has 0 aliphatic carbocycles. The number of aliphatic hydroxyl groups is 1. The molecule has 20 heavy (non-hydrogen) atoms. The fraction of sp³-hybridized carbons (Fsp3) is 0.286. The summed E-state index contributed by atoms with van der Waals surface area (Å²) in [6.45, 7) is 2.57. The summed E-state index contributed by atoms with van der Waals surface area (Å²) in [6, 6.07) is 7.18. The van der Waals surface area contributed by atoms with E-state index in [-0.39, 0.29) is 23.8 Å². The largest absolute Gasteiger partial charge is 0.510 e. The lowest BCUT2D eigenvalue weighted by atomic mass is 10.1. The first-order valence-electron chi connectivity index (χ1n) is 6.18. The van der Waals surface area contributed by atoms with Crippen LogP contribution in [0, 0.1) is 0 Å². The number of benzene rings is 1. The van der Waals surface area contributed by atoms with Gasteiger partial charge in [0.15, 0.2) is 0 Å². The fourth-order valence-corrected chi connectivity index (χ4v) is 2.05. The van der Waals surface area contributed by atoms with Crippen LogP contribution in [0.1, 0.15) is 6.92 Å². The number of ether oxygens (including phenoxy) is 1. The molecule has 1 amide bonds. The highest BCUT2D eigenvalue weighted by atomic mass is 35.5. The molecule has 0 aromatic heterocycles. The van der Waals surface area contributed by atoms with E-state index in [4.69, 9.17) is 16.3 Å². The average Bonchev–Trinajstić information content (AvgIpc) is 2.76. The van der Waals surface area contributed by atoms with Crippen LogP contribution in [0.25, 0.3) is 0 Å². The van der Waals surface area contributed by atoms with E-state index < -0.39 is 0 Å². The van der Waals surface area contributed by atoms with Gasteiger partial charge in [-0.15, -0.1) is 0 Å². The number of rotatable bonds is 5. The molecule has 6 heteroatoms. The minimum atomic E-state index is -0.296. The van der Waals surface area contributed by atoms with Crippen molar-refractivity contribution in [3.8, 4) is 5.75 Å². The summed E-state index contributed by atoms with van der Waals surface area (Å²) >= 11 is 5.95. The van der Waals surface area contributed by atoms with Gasteiger partial charge in [0.1, 0.15) is 18.1 Å². The number of hydrogen-bond donors (Lipinski definition) is 2. The number of nitrogens with zero attached hydrogens (tertiary/aromatic N) is 1. The Morgan fingerprint density at radius 2 is 2.25 bits per heavy atom. The molecule has 1 aromatic carbocycles. The third-order valence-electron chi connectivity index (χ3n) is 2.83. The Morgan fingerprint density at radius 1 is 1.50 bits per heavy atom. The summed E-state index contributed by atoms with van der Waals surface area (Å²) in [5, 5.41) is 12.6. The fourth-order valence-electron chi connectivity index (χ4n) is 1.85. The zero-order valence-electron chi connectivity index (χ0n) is 11.0.